The number of hydrogen-bond donors (Lipinski definition) is 2. The molecular formula is C9H24O4. The van der Waals surface area contributed by atoms with Crippen molar-refractivity contribution in [3.63, 3.8) is 0 Å². The molecule has 0 aromatic rings. The van der Waals surface area contributed by atoms with Crippen LogP contribution in [0.4, 0.5) is 0 Å². The van der Waals surface area contributed by atoms with Crippen LogP contribution in [0.5, 0.6) is 0 Å². The number of ether oxygens (including phenoxy) is 2. The maximum absolute atomic E-state index is 8.43. The van der Waals surface area contributed by atoms with Crippen molar-refractivity contribution in [3.05, 3.63) is 0 Å². The van der Waals surface area contributed by atoms with Crippen molar-refractivity contribution in [2.75, 3.05) is 34.0 Å². The number of aliphatic hydroxyl groups is 2. The van der Waals surface area contributed by atoms with Gasteiger partial charge in [0.15, 0.2) is 0 Å². The Labute approximate surface area is 81.5 Å². The maximum atomic E-state index is 8.43. The van der Waals surface area contributed by atoms with E-state index in [4.69, 9.17) is 10.2 Å². The van der Waals surface area contributed by atoms with Crippen molar-refractivity contribution < 1.29 is 19.7 Å². The zero-order valence-electron chi connectivity index (χ0n) is 9.41. The molecule has 0 saturated carbocycles. The van der Waals surface area contributed by atoms with Crippen molar-refractivity contribution >= 4 is 0 Å². The predicted molar refractivity (Wildman–Crippen MR) is 53.9 cm³/mol. The van der Waals surface area contributed by atoms with Crippen molar-refractivity contribution in [1.82, 2.24) is 0 Å². The Balaban J connectivity index is -0.000000125. The summed E-state index contributed by atoms with van der Waals surface area (Å²) in [6.45, 7) is 6.82. The van der Waals surface area contributed by atoms with E-state index < -0.39 is 0 Å². The summed E-state index contributed by atoms with van der Waals surface area (Å²) in [7, 11) is 3.24. The second-order valence-electron chi connectivity index (χ2n) is 2.20. The molecule has 0 fully saturated rings. The Kier molecular flexibility index (Phi) is 32.4. The molecule has 0 aliphatic carbocycles. The zero-order chi connectivity index (χ0) is 11.1. The Bertz CT molecular complexity index is 55.6. The summed E-state index contributed by atoms with van der Waals surface area (Å²) in [6, 6.07) is 0. The fourth-order valence-corrected chi connectivity index (χ4v) is 0.241. The SMILES string of the molecule is CCO.CCOC.COCC(C)O. The molecule has 1 unspecified atom stereocenters. The highest BCUT2D eigenvalue weighted by Gasteiger charge is 1.87. The van der Waals surface area contributed by atoms with Crippen LogP contribution in [0.2, 0.25) is 0 Å². The molecule has 13 heavy (non-hydrogen) atoms. The summed E-state index contributed by atoms with van der Waals surface area (Å²) in [4.78, 5) is 0. The average Bonchev–Trinajstić information content (AvgIpc) is 2.06. The van der Waals surface area contributed by atoms with E-state index >= 15 is 0 Å². The molecule has 4 nitrogen and oxygen atoms in total. The molecule has 0 aliphatic rings. The fraction of sp³-hybridized carbons (Fsp3) is 1.00. The van der Waals surface area contributed by atoms with E-state index in [1.165, 1.54) is 0 Å². The maximum Gasteiger partial charge on any atom is 0.0745 e. The monoisotopic (exact) mass is 196 g/mol. The molecule has 0 aliphatic heterocycles. The summed E-state index contributed by atoms with van der Waals surface area (Å²) < 4.78 is 9.09. The van der Waals surface area contributed by atoms with E-state index in [-0.39, 0.29) is 12.7 Å². The van der Waals surface area contributed by atoms with Crippen LogP contribution in [0.1, 0.15) is 20.8 Å². The van der Waals surface area contributed by atoms with Gasteiger partial charge >= 0.3 is 0 Å². The van der Waals surface area contributed by atoms with Crippen molar-refractivity contribution in [2.24, 2.45) is 0 Å². The number of methoxy groups -OCH3 is 2. The van der Waals surface area contributed by atoms with Crippen LogP contribution in [0.3, 0.4) is 0 Å². The molecule has 0 aromatic heterocycles. The first-order valence-corrected chi connectivity index (χ1v) is 4.37. The van der Waals surface area contributed by atoms with Gasteiger partial charge in [0, 0.05) is 27.4 Å². The minimum atomic E-state index is -0.324. The van der Waals surface area contributed by atoms with E-state index in [0.29, 0.717) is 6.61 Å². The van der Waals surface area contributed by atoms with Gasteiger partial charge in [-0.25, -0.2) is 0 Å². The largest absolute Gasteiger partial charge is 0.397 e. The molecular weight excluding hydrogens is 172 g/mol. The van der Waals surface area contributed by atoms with Gasteiger partial charge in [0.2, 0.25) is 0 Å². The van der Waals surface area contributed by atoms with E-state index in [1.807, 2.05) is 6.92 Å². The van der Waals surface area contributed by atoms with Gasteiger partial charge in [-0.2, -0.15) is 0 Å². The molecule has 0 bridgehead atoms. The molecule has 0 radical (unpaired) electrons. The first kappa shape index (κ1) is 18.6. The van der Waals surface area contributed by atoms with Gasteiger partial charge in [0.05, 0.1) is 12.7 Å². The molecule has 2 N–H and O–H groups in total. The van der Waals surface area contributed by atoms with E-state index in [1.54, 1.807) is 28.1 Å². The molecule has 84 valence electrons. The first-order valence-electron chi connectivity index (χ1n) is 4.37. The Hall–Kier alpha value is -0.160. The zero-order valence-corrected chi connectivity index (χ0v) is 9.41. The van der Waals surface area contributed by atoms with Gasteiger partial charge in [-0.3, -0.25) is 0 Å². The molecule has 1 atom stereocenters. The van der Waals surface area contributed by atoms with Gasteiger partial charge in [-0.1, -0.05) is 0 Å². The fourth-order valence-electron chi connectivity index (χ4n) is 0.241. The molecule has 0 aromatic carbocycles. The van der Waals surface area contributed by atoms with Crippen LogP contribution >= 0.6 is 0 Å². The lowest BCUT2D eigenvalue weighted by Gasteiger charge is -1.97. The highest BCUT2D eigenvalue weighted by atomic mass is 16.5. The first-order chi connectivity index (χ1) is 6.10. The van der Waals surface area contributed by atoms with Crippen LogP contribution in [0.15, 0.2) is 0 Å². The predicted octanol–water partition coefficient (Wildman–Crippen LogP) is 0.665. The Morgan fingerprint density at radius 1 is 1.15 bits per heavy atom. The van der Waals surface area contributed by atoms with Crippen LogP contribution < -0.4 is 0 Å². The average molecular weight is 196 g/mol. The van der Waals surface area contributed by atoms with Crippen LogP contribution in [0, 0.1) is 0 Å². The van der Waals surface area contributed by atoms with Gasteiger partial charge in [0.1, 0.15) is 0 Å². The molecule has 0 rings (SSSR count). The molecule has 0 amide bonds. The van der Waals surface area contributed by atoms with Crippen LogP contribution in [-0.2, 0) is 9.47 Å². The number of hydrogen-bond acceptors (Lipinski definition) is 4. The van der Waals surface area contributed by atoms with Crippen LogP contribution in [0.25, 0.3) is 0 Å². The molecule has 4 heteroatoms. The summed E-state index contributed by atoms with van der Waals surface area (Å²) in [5.41, 5.74) is 0. The van der Waals surface area contributed by atoms with Crippen molar-refractivity contribution in [2.45, 2.75) is 26.9 Å². The van der Waals surface area contributed by atoms with Gasteiger partial charge in [0.25, 0.3) is 0 Å². The smallest absolute Gasteiger partial charge is 0.0745 e. The van der Waals surface area contributed by atoms with Gasteiger partial charge < -0.3 is 19.7 Å². The minimum Gasteiger partial charge on any atom is -0.397 e. The molecule has 0 spiro atoms. The standard InChI is InChI=1S/C4H10O2.C3H8O.C2H6O/c1-4(5)3-6-2;1-3-4-2;1-2-3/h4-5H,3H2,1-2H3;3H2,1-2H3;3H,2H2,1H3. The highest BCUT2D eigenvalue weighted by molar-refractivity contribution is 4.36. The quantitative estimate of drug-likeness (QED) is 0.696. The molecule has 0 heterocycles. The lowest BCUT2D eigenvalue weighted by molar-refractivity contribution is 0.0765. The van der Waals surface area contributed by atoms with Crippen molar-refractivity contribution in [1.29, 1.82) is 0 Å². The van der Waals surface area contributed by atoms with Gasteiger partial charge in [-0.15, -0.1) is 0 Å². The number of rotatable bonds is 3. The van der Waals surface area contributed by atoms with E-state index in [0.717, 1.165) is 6.61 Å². The minimum absolute atomic E-state index is 0.250. The Morgan fingerprint density at radius 3 is 1.46 bits per heavy atom. The number of aliphatic hydroxyl groups excluding tert-OH is 2. The third-order valence-electron chi connectivity index (χ3n) is 0.697. The highest BCUT2D eigenvalue weighted by Crippen LogP contribution is 1.75. The normalized spacial score (nSPS) is 10.4. The van der Waals surface area contributed by atoms with Gasteiger partial charge in [-0.05, 0) is 20.8 Å². The van der Waals surface area contributed by atoms with Crippen LogP contribution in [-0.4, -0.2) is 50.4 Å². The Morgan fingerprint density at radius 2 is 1.46 bits per heavy atom. The lowest BCUT2D eigenvalue weighted by atomic mass is 10.5. The summed E-state index contributed by atoms with van der Waals surface area (Å²) >= 11 is 0. The topological polar surface area (TPSA) is 58.9 Å². The summed E-state index contributed by atoms with van der Waals surface area (Å²) in [5, 5.41) is 16.0. The second-order valence-corrected chi connectivity index (χ2v) is 2.20. The van der Waals surface area contributed by atoms with Crippen molar-refractivity contribution in [3.8, 4) is 0 Å². The second kappa shape index (κ2) is 22.6. The summed E-state index contributed by atoms with van der Waals surface area (Å²) in [6.07, 6.45) is -0.324. The lowest BCUT2D eigenvalue weighted by Crippen LogP contribution is -2.07. The molecule has 0 saturated heterocycles. The summed E-state index contributed by atoms with van der Waals surface area (Å²) in [5.74, 6) is 0. The third-order valence-corrected chi connectivity index (χ3v) is 0.697. The van der Waals surface area contributed by atoms with E-state index in [9.17, 15) is 0 Å². The third kappa shape index (κ3) is 77.7. The van der Waals surface area contributed by atoms with E-state index in [2.05, 4.69) is 9.47 Å².